The summed E-state index contributed by atoms with van der Waals surface area (Å²) in [5.41, 5.74) is 6.54. The van der Waals surface area contributed by atoms with Gasteiger partial charge in [-0.25, -0.2) is 0 Å². The highest BCUT2D eigenvalue weighted by Gasteiger charge is 2.50. The topological polar surface area (TPSA) is 41.7 Å². The molecule has 4 rings (SSSR count). The van der Waals surface area contributed by atoms with E-state index in [-0.39, 0.29) is 5.54 Å². The molecule has 0 aliphatic carbocycles. The lowest BCUT2D eigenvalue weighted by atomic mass is 9.70. The van der Waals surface area contributed by atoms with Gasteiger partial charge < -0.3 is 15.4 Å². The van der Waals surface area contributed by atoms with Gasteiger partial charge >= 0.3 is 0 Å². The minimum atomic E-state index is 0.267. The Morgan fingerprint density at radius 2 is 2.00 bits per heavy atom. The van der Waals surface area contributed by atoms with Crippen LogP contribution >= 0.6 is 0 Å². The van der Waals surface area contributed by atoms with Gasteiger partial charge in [0.2, 0.25) is 0 Å². The predicted molar refractivity (Wildman–Crippen MR) is 77.1 cm³/mol. The highest BCUT2D eigenvalue weighted by Crippen LogP contribution is 2.40. The molecular weight excluding hydrogens is 238 g/mol. The molecule has 4 aliphatic rings. The standard InChI is InChI=1S/C15H29N3O/c1-19-10-13-3-2-6-18(9-13)15(11-16)12-17-7-4-14(15)5-8-17/h13-14H,2-12,16H2,1H3. The van der Waals surface area contributed by atoms with Crippen molar-refractivity contribution in [1.29, 1.82) is 0 Å². The van der Waals surface area contributed by atoms with Gasteiger partial charge in [-0.3, -0.25) is 4.90 Å². The SMILES string of the molecule is COCC1CCCN(C2(CN)CN3CCC2CC3)C1. The van der Waals surface area contributed by atoms with Crippen LogP contribution < -0.4 is 5.73 Å². The third kappa shape index (κ3) is 2.44. The third-order valence-electron chi connectivity index (χ3n) is 5.75. The number of ether oxygens (including phenoxy) is 1. The van der Waals surface area contributed by atoms with E-state index in [4.69, 9.17) is 10.5 Å². The molecule has 4 heteroatoms. The Morgan fingerprint density at radius 3 is 2.58 bits per heavy atom. The maximum atomic E-state index is 6.28. The average molecular weight is 267 g/mol. The molecule has 0 radical (unpaired) electrons. The predicted octanol–water partition coefficient (Wildman–Crippen LogP) is 0.768. The molecule has 0 aromatic carbocycles. The second kappa shape index (κ2) is 5.68. The first-order valence-electron chi connectivity index (χ1n) is 7.95. The number of methoxy groups -OCH3 is 1. The van der Waals surface area contributed by atoms with Crippen LogP contribution in [0.4, 0.5) is 0 Å². The van der Waals surface area contributed by atoms with Crippen LogP contribution in [0.25, 0.3) is 0 Å². The van der Waals surface area contributed by atoms with Crippen molar-refractivity contribution in [3.8, 4) is 0 Å². The van der Waals surface area contributed by atoms with Gasteiger partial charge in [0.05, 0.1) is 6.61 Å². The average Bonchev–Trinajstić information content (AvgIpc) is 2.49. The molecule has 4 nitrogen and oxygen atoms in total. The van der Waals surface area contributed by atoms with E-state index in [0.29, 0.717) is 5.92 Å². The first kappa shape index (κ1) is 13.8. The van der Waals surface area contributed by atoms with Gasteiger partial charge in [-0.1, -0.05) is 0 Å². The maximum absolute atomic E-state index is 6.28. The monoisotopic (exact) mass is 267 g/mol. The van der Waals surface area contributed by atoms with E-state index in [9.17, 15) is 0 Å². The summed E-state index contributed by atoms with van der Waals surface area (Å²) in [7, 11) is 1.83. The van der Waals surface area contributed by atoms with Crippen LogP contribution in [0.1, 0.15) is 25.7 Å². The zero-order valence-corrected chi connectivity index (χ0v) is 12.3. The first-order chi connectivity index (χ1) is 9.28. The lowest BCUT2D eigenvalue weighted by molar-refractivity contribution is -0.0859. The van der Waals surface area contributed by atoms with E-state index in [1.165, 1.54) is 58.4 Å². The van der Waals surface area contributed by atoms with Gasteiger partial charge in [0.25, 0.3) is 0 Å². The van der Waals surface area contributed by atoms with Crippen LogP contribution in [0.15, 0.2) is 0 Å². The van der Waals surface area contributed by atoms with Crippen molar-refractivity contribution in [3.63, 3.8) is 0 Å². The number of fused-ring (bicyclic) bond motifs is 3. The number of likely N-dealkylation sites (tertiary alicyclic amines) is 1. The minimum absolute atomic E-state index is 0.267. The summed E-state index contributed by atoms with van der Waals surface area (Å²) in [6, 6.07) is 0. The van der Waals surface area contributed by atoms with Crippen molar-refractivity contribution < 1.29 is 4.74 Å². The molecule has 0 aromatic rings. The molecule has 4 saturated heterocycles. The summed E-state index contributed by atoms with van der Waals surface area (Å²) >= 11 is 0. The molecule has 19 heavy (non-hydrogen) atoms. The summed E-state index contributed by atoms with van der Waals surface area (Å²) < 4.78 is 5.38. The lowest BCUT2D eigenvalue weighted by Crippen LogP contribution is -2.71. The van der Waals surface area contributed by atoms with Gasteiger partial charge in [-0.15, -0.1) is 0 Å². The molecule has 110 valence electrons. The quantitative estimate of drug-likeness (QED) is 0.817. The molecule has 0 saturated carbocycles. The van der Waals surface area contributed by atoms with Gasteiger partial charge in [0.15, 0.2) is 0 Å². The second-order valence-corrected chi connectivity index (χ2v) is 6.77. The van der Waals surface area contributed by atoms with Crippen LogP contribution in [-0.4, -0.2) is 68.3 Å². The molecular formula is C15H29N3O. The highest BCUT2D eigenvalue weighted by atomic mass is 16.5. The summed E-state index contributed by atoms with van der Waals surface area (Å²) in [5, 5.41) is 0. The van der Waals surface area contributed by atoms with Gasteiger partial charge in [0.1, 0.15) is 0 Å². The number of nitrogens with zero attached hydrogens (tertiary/aromatic N) is 2. The zero-order valence-electron chi connectivity index (χ0n) is 12.3. The summed E-state index contributed by atoms with van der Waals surface area (Å²) in [5.74, 6) is 1.53. The molecule has 2 atom stereocenters. The maximum Gasteiger partial charge on any atom is 0.0502 e. The Kier molecular flexibility index (Phi) is 4.13. The first-order valence-corrected chi connectivity index (χ1v) is 7.95. The largest absolute Gasteiger partial charge is 0.384 e. The van der Waals surface area contributed by atoms with Crippen molar-refractivity contribution in [2.45, 2.75) is 31.2 Å². The Balaban J connectivity index is 1.74. The number of nitrogens with two attached hydrogens (primary N) is 1. The zero-order chi connectivity index (χ0) is 13.3. The molecule has 0 amide bonds. The molecule has 0 aromatic heterocycles. The van der Waals surface area contributed by atoms with Crippen molar-refractivity contribution in [2.75, 3.05) is 53.0 Å². The number of hydrogen-bond acceptors (Lipinski definition) is 4. The van der Waals surface area contributed by atoms with E-state index in [1.54, 1.807) is 0 Å². The van der Waals surface area contributed by atoms with Gasteiger partial charge in [-0.2, -0.15) is 0 Å². The fraction of sp³-hybridized carbons (Fsp3) is 1.00. The number of piperidine rings is 4. The third-order valence-corrected chi connectivity index (χ3v) is 5.75. The van der Waals surface area contributed by atoms with Crippen LogP contribution in [-0.2, 0) is 4.74 Å². The van der Waals surface area contributed by atoms with Crippen molar-refractivity contribution in [2.24, 2.45) is 17.6 Å². The summed E-state index contributed by atoms with van der Waals surface area (Å²) in [4.78, 5) is 5.36. The van der Waals surface area contributed by atoms with Gasteiger partial charge in [0, 0.05) is 32.3 Å². The van der Waals surface area contributed by atoms with Crippen molar-refractivity contribution in [3.05, 3.63) is 0 Å². The molecule has 4 aliphatic heterocycles. The van der Waals surface area contributed by atoms with Crippen LogP contribution in [0.2, 0.25) is 0 Å². The van der Waals surface area contributed by atoms with E-state index < -0.39 is 0 Å². The Morgan fingerprint density at radius 1 is 1.21 bits per heavy atom. The summed E-state index contributed by atoms with van der Waals surface area (Å²) in [6.45, 7) is 7.95. The second-order valence-electron chi connectivity index (χ2n) is 6.77. The Bertz CT molecular complexity index is 302. The lowest BCUT2D eigenvalue weighted by Gasteiger charge is -2.59. The van der Waals surface area contributed by atoms with Crippen molar-refractivity contribution >= 4 is 0 Å². The number of hydrogen-bond donors (Lipinski definition) is 1. The molecule has 2 bridgehead atoms. The van der Waals surface area contributed by atoms with Gasteiger partial charge in [-0.05, 0) is 57.2 Å². The normalized spacial score (nSPS) is 43.6. The van der Waals surface area contributed by atoms with E-state index in [1.807, 2.05) is 7.11 Å². The molecule has 4 heterocycles. The van der Waals surface area contributed by atoms with Crippen molar-refractivity contribution in [1.82, 2.24) is 9.80 Å². The molecule has 0 spiro atoms. The van der Waals surface area contributed by atoms with E-state index in [2.05, 4.69) is 9.80 Å². The smallest absolute Gasteiger partial charge is 0.0502 e. The molecule has 4 fully saturated rings. The molecule has 2 N–H and O–H groups in total. The Hall–Kier alpha value is -0.160. The van der Waals surface area contributed by atoms with E-state index in [0.717, 1.165) is 19.1 Å². The Labute approximate surface area is 117 Å². The van der Waals surface area contributed by atoms with Crippen LogP contribution in [0.3, 0.4) is 0 Å². The highest BCUT2D eigenvalue weighted by molar-refractivity contribution is 5.07. The van der Waals surface area contributed by atoms with Crippen LogP contribution in [0.5, 0.6) is 0 Å². The fourth-order valence-corrected chi connectivity index (χ4v) is 4.70. The number of rotatable bonds is 4. The molecule has 2 unspecified atom stereocenters. The minimum Gasteiger partial charge on any atom is -0.384 e. The summed E-state index contributed by atoms with van der Waals surface area (Å²) in [6.07, 6.45) is 5.33. The fourth-order valence-electron chi connectivity index (χ4n) is 4.70. The van der Waals surface area contributed by atoms with Crippen LogP contribution in [0, 0.1) is 11.8 Å². The van der Waals surface area contributed by atoms with E-state index >= 15 is 0 Å².